The van der Waals surface area contributed by atoms with Crippen molar-refractivity contribution in [2.24, 2.45) is 0 Å². The van der Waals surface area contributed by atoms with Crippen molar-refractivity contribution in [3.8, 4) is 11.5 Å². The Morgan fingerprint density at radius 1 is 1.33 bits per heavy atom. The van der Waals surface area contributed by atoms with Crippen molar-refractivity contribution in [2.75, 3.05) is 12.4 Å². The van der Waals surface area contributed by atoms with E-state index in [2.05, 4.69) is 5.32 Å². The maximum absolute atomic E-state index is 10.8. The van der Waals surface area contributed by atoms with Gasteiger partial charge in [-0.05, 0) is 24.3 Å². The van der Waals surface area contributed by atoms with E-state index in [9.17, 15) is 15.2 Å². The number of phenols is 1. The molecule has 0 saturated heterocycles. The van der Waals surface area contributed by atoms with Crippen molar-refractivity contribution in [3.05, 3.63) is 57.1 Å². The first-order valence-electron chi connectivity index (χ1n) is 6.05. The summed E-state index contributed by atoms with van der Waals surface area (Å²) in [7, 11) is 1.51. The highest BCUT2D eigenvalue weighted by Crippen LogP contribution is 2.28. The molecule has 0 unspecified atom stereocenters. The summed E-state index contributed by atoms with van der Waals surface area (Å²) in [6.45, 7) is 0.314. The fraction of sp³-hybridized carbons (Fsp3) is 0.143. The van der Waals surface area contributed by atoms with Crippen LogP contribution in [0.2, 0.25) is 5.02 Å². The minimum Gasteiger partial charge on any atom is -0.507 e. The molecule has 0 amide bonds. The monoisotopic (exact) mass is 308 g/mol. The predicted octanol–water partition coefficient (Wildman–Crippen LogP) is 3.57. The summed E-state index contributed by atoms with van der Waals surface area (Å²) in [5.74, 6) is 0.642. The zero-order valence-electron chi connectivity index (χ0n) is 11.2. The number of hydrogen-bond acceptors (Lipinski definition) is 5. The molecule has 2 aromatic rings. The summed E-state index contributed by atoms with van der Waals surface area (Å²) < 4.78 is 5.00. The van der Waals surface area contributed by atoms with Crippen LogP contribution in [0.5, 0.6) is 11.5 Å². The number of hydrogen-bond donors (Lipinski definition) is 2. The van der Waals surface area contributed by atoms with E-state index in [4.69, 9.17) is 16.3 Å². The number of halogens is 1. The molecular formula is C14H13ClN2O4. The minimum absolute atomic E-state index is 0.0813. The number of nitro groups is 1. The highest BCUT2D eigenvalue weighted by molar-refractivity contribution is 6.32. The second-order valence-corrected chi connectivity index (χ2v) is 4.68. The largest absolute Gasteiger partial charge is 0.507 e. The maximum atomic E-state index is 10.8. The maximum Gasteiger partial charge on any atom is 0.289 e. The zero-order chi connectivity index (χ0) is 15.4. The second kappa shape index (κ2) is 6.32. The molecule has 2 rings (SSSR count). The fourth-order valence-corrected chi connectivity index (χ4v) is 1.97. The van der Waals surface area contributed by atoms with Crippen LogP contribution in [0, 0.1) is 10.1 Å². The molecule has 0 aliphatic rings. The molecule has 0 fully saturated rings. The predicted molar refractivity (Wildman–Crippen MR) is 80.1 cm³/mol. The fourth-order valence-electron chi connectivity index (χ4n) is 1.78. The summed E-state index contributed by atoms with van der Waals surface area (Å²) in [5.41, 5.74) is 1.02. The highest BCUT2D eigenvalue weighted by Gasteiger charge is 2.12. The van der Waals surface area contributed by atoms with Gasteiger partial charge in [-0.1, -0.05) is 11.6 Å². The molecule has 2 aromatic carbocycles. The molecular weight excluding hydrogens is 296 g/mol. The van der Waals surface area contributed by atoms with Crippen LogP contribution in [-0.4, -0.2) is 17.1 Å². The van der Waals surface area contributed by atoms with Crippen molar-refractivity contribution in [3.63, 3.8) is 0 Å². The first-order valence-corrected chi connectivity index (χ1v) is 6.42. The molecule has 0 atom stereocenters. The molecule has 7 heteroatoms. The van der Waals surface area contributed by atoms with Gasteiger partial charge in [0.05, 0.1) is 12.0 Å². The van der Waals surface area contributed by atoms with Crippen LogP contribution in [0.1, 0.15) is 5.56 Å². The number of rotatable bonds is 5. The molecule has 0 aliphatic carbocycles. The third-order valence-electron chi connectivity index (χ3n) is 2.92. The molecule has 2 N–H and O–H groups in total. The summed E-state index contributed by atoms with van der Waals surface area (Å²) in [6, 6.07) is 9.38. The number of nitrogens with zero attached hydrogens (tertiary/aromatic N) is 1. The average Bonchev–Trinajstić information content (AvgIpc) is 2.47. The molecule has 0 spiro atoms. The Labute approximate surface area is 126 Å². The lowest BCUT2D eigenvalue weighted by molar-refractivity contribution is -0.384. The summed E-state index contributed by atoms with van der Waals surface area (Å²) >= 11 is 5.74. The van der Waals surface area contributed by atoms with Crippen LogP contribution in [0.4, 0.5) is 11.4 Å². The average molecular weight is 309 g/mol. The number of ether oxygens (including phenoxy) is 1. The summed E-state index contributed by atoms with van der Waals surface area (Å²) in [5, 5.41) is 23.7. The first-order chi connectivity index (χ1) is 10.0. The third-order valence-corrected chi connectivity index (χ3v) is 3.24. The van der Waals surface area contributed by atoms with E-state index in [1.165, 1.54) is 25.3 Å². The van der Waals surface area contributed by atoms with Gasteiger partial charge in [-0.2, -0.15) is 0 Å². The molecule has 0 aromatic heterocycles. The van der Waals surface area contributed by atoms with Gasteiger partial charge < -0.3 is 15.2 Å². The Hall–Kier alpha value is -2.47. The van der Waals surface area contributed by atoms with E-state index in [1.54, 1.807) is 18.2 Å². The SMILES string of the molecule is COc1ccc(CNc2ccc(Cl)c([N+](=O)[O-])c2)c(O)c1. The van der Waals surface area contributed by atoms with E-state index < -0.39 is 4.92 Å². The summed E-state index contributed by atoms with van der Waals surface area (Å²) in [4.78, 5) is 10.3. The van der Waals surface area contributed by atoms with E-state index in [0.29, 0.717) is 23.5 Å². The molecule has 0 saturated carbocycles. The van der Waals surface area contributed by atoms with Crippen LogP contribution in [-0.2, 0) is 6.54 Å². The molecule has 0 heterocycles. The van der Waals surface area contributed by atoms with Gasteiger partial charge in [0, 0.05) is 29.9 Å². The minimum atomic E-state index is -0.543. The topological polar surface area (TPSA) is 84.6 Å². The molecule has 110 valence electrons. The molecule has 21 heavy (non-hydrogen) atoms. The van der Waals surface area contributed by atoms with Crippen molar-refractivity contribution in [1.29, 1.82) is 0 Å². The molecule has 0 radical (unpaired) electrons. The van der Waals surface area contributed by atoms with Gasteiger partial charge in [-0.25, -0.2) is 0 Å². The number of nitrogens with one attached hydrogen (secondary N) is 1. The number of phenolic OH excluding ortho intramolecular Hbond substituents is 1. The third kappa shape index (κ3) is 3.55. The Morgan fingerprint density at radius 3 is 2.71 bits per heavy atom. The number of aromatic hydroxyl groups is 1. The van der Waals surface area contributed by atoms with E-state index in [1.807, 2.05) is 0 Å². The lowest BCUT2D eigenvalue weighted by atomic mass is 10.2. The lowest BCUT2D eigenvalue weighted by Gasteiger charge is -2.09. The van der Waals surface area contributed by atoms with Crippen molar-refractivity contribution >= 4 is 23.0 Å². The van der Waals surface area contributed by atoms with Crippen LogP contribution in [0.25, 0.3) is 0 Å². The van der Waals surface area contributed by atoms with E-state index >= 15 is 0 Å². The molecule has 0 aliphatic heterocycles. The van der Waals surface area contributed by atoms with Crippen LogP contribution < -0.4 is 10.1 Å². The van der Waals surface area contributed by atoms with Gasteiger partial charge in [-0.15, -0.1) is 0 Å². The second-order valence-electron chi connectivity index (χ2n) is 4.27. The van der Waals surface area contributed by atoms with Crippen molar-refractivity contribution in [1.82, 2.24) is 0 Å². The van der Waals surface area contributed by atoms with Crippen LogP contribution >= 0.6 is 11.6 Å². The summed E-state index contributed by atoms with van der Waals surface area (Å²) in [6.07, 6.45) is 0. The van der Waals surface area contributed by atoms with Gasteiger partial charge >= 0.3 is 0 Å². The van der Waals surface area contributed by atoms with Crippen molar-refractivity contribution in [2.45, 2.75) is 6.54 Å². The quantitative estimate of drug-likeness (QED) is 0.651. The van der Waals surface area contributed by atoms with Crippen LogP contribution in [0.15, 0.2) is 36.4 Å². The van der Waals surface area contributed by atoms with Gasteiger partial charge in [-0.3, -0.25) is 10.1 Å². The van der Waals surface area contributed by atoms with Gasteiger partial charge in [0.2, 0.25) is 0 Å². The number of methoxy groups -OCH3 is 1. The first kappa shape index (κ1) is 14.9. The van der Waals surface area contributed by atoms with Gasteiger partial charge in [0.15, 0.2) is 0 Å². The Bertz CT molecular complexity index is 676. The molecule has 0 bridgehead atoms. The Kier molecular flexibility index (Phi) is 4.49. The molecule has 6 nitrogen and oxygen atoms in total. The van der Waals surface area contributed by atoms with Gasteiger partial charge in [0.25, 0.3) is 5.69 Å². The van der Waals surface area contributed by atoms with Crippen molar-refractivity contribution < 1.29 is 14.8 Å². The smallest absolute Gasteiger partial charge is 0.289 e. The lowest BCUT2D eigenvalue weighted by Crippen LogP contribution is -2.01. The Balaban J connectivity index is 2.13. The highest BCUT2D eigenvalue weighted by atomic mass is 35.5. The van der Waals surface area contributed by atoms with Crippen LogP contribution in [0.3, 0.4) is 0 Å². The van der Waals surface area contributed by atoms with E-state index in [0.717, 1.165) is 0 Å². The van der Waals surface area contributed by atoms with E-state index in [-0.39, 0.29) is 16.5 Å². The number of anilines is 1. The number of nitro benzene ring substituents is 1. The Morgan fingerprint density at radius 2 is 2.10 bits per heavy atom. The standard InChI is InChI=1S/C14H13ClN2O4/c1-21-11-4-2-9(14(18)7-11)8-16-10-3-5-12(15)13(6-10)17(19)20/h2-7,16,18H,8H2,1H3. The van der Waals surface area contributed by atoms with Gasteiger partial charge in [0.1, 0.15) is 16.5 Å². The normalized spacial score (nSPS) is 10.2. The number of benzene rings is 2. The zero-order valence-corrected chi connectivity index (χ0v) is 11.9.